The van der Waals surface area contributed by atoms with Gasteiger partial charge < -0.3 is 20.6 Å². The van der Waals surface area contributed by atoms with Gasteiger partial charge in [-0.1, -0.05) is 44.5 Å². The van der Waals surface area contributed by atoms with Crippen LogP contribution in [0.4, 0.5) is 5.69 Å². The highest BCUT2D eigenvalue weighted by molar-refractivity contribution is 6.30. The predicted octanol–water partition coefficient (Wildman–Crippen LogP) is 2.70. The molecule has 0 bridgehead atoms. The van der Waals surface area contributed by atoms with Crippen molar-refractivity contribution in [3.8, 4) is 0 Å². The molecule has 3 N–H and O–H groups in total. The lowest BCUT2D eigenvalue weighted by atomic mass is 9.70. The van der Waals surface area contributed by atoms with Gasteiger partial charge in [0.2, 0.25) is 17.7 Å². The quantitative estimate of drug-likeness (QED) is 0.543. The molecule has 7 nitrogen and oxygen atoms in total. The van der Waals surface area contributed by atoms with Crippen LogP contribution in [0.15, 0.2) is 36.4 Å². The Morgan fingerprint density at radius 1 is 1.16 bits per heavy atom. The molecule has 1 aliphatic carbocycles. The van der Waals surface area contributed by atoms with Gasteiger partial charge in [-0.05, 0) is 42.5 Å². The third kappa shape index (κ3) is 4.69. The third-order valence-corrected chi connectivity index (χ3v) is 6.74. The molecule has 1 saturated heterocycles. The second-order valence-electron chi connectivity index (χ2n) is 9.14. The molecule has 8 heteroatoms. The average molecular weight is 462 g/mol. The Morgan fingerprint density at radius 3 is 2.38 bits per heavy atom. The maximum Gasteiger partial charge on any atom is 0.247 e. The Kier molecular flexibility index (Phi) is 7.62. The molecule has 3 rings (SSSR count). The maximum atomic E-state index is 13.7. The monoisotopic (exact) mass is 461 g/mol. The highest BCUT2D eigenvalue weighted by Crippen LogP contribution is 2.45. The number of carbonyl (C=O) groups is 3. The second kappa shape index (κ2) is 10.0. The number of amides is 3. The Morgan fingerprint density at radius 2 is 1.81 bits per heavy atom. The van der Waals surface area contributed by atoms with E-state index in [9.17, 15) is 19.5 Å². The van der Waals surface area contributed by atoms with E-state index in [1.165, 1.54) is 4.90 Å². The van der Waals surface area contributed by atoms with Gasteiger partial charge in [-0.2, -0.15) is 0 Å². The Hall–Kier alpha value is -2.38. The van der Waals surface area contributed by atoms with Gasteiger partial charge >= 0.3 is 0 Å². The van der Waals surface area contributed by atoms with Crippen molar-refractivity contribution in [1.29, 1.82) is 0 Å². The summed E-state index contributed by atoms with van der Waals surface area (Å²) in [6.45, 7) is 5.67. The number of allylic oxidation sites excluding steroid dienone is 1. The van der Waals surface area contributed by atoms with E-state index < -0.39 is 29.8 Å². The molecule has 1 heterocycles. The van der Waals surface area contributed by atoms with Crippen molar-refractivity contribution in [3.05, 3.63) is 41.4 Å². The van der Waals surface area contributed by atoms with Gasteiger partial charge in [0.15, 0.2) is 0 Å². The van der Waals surface area contributed by atoms with E-state index >= 15 is 0 Å². The number of benzene rings is 1. The van der Waals surface area contributed by atoms with Crippen LogP contribution >= 0.6 is 11.6 Å². The van der Waals surface area contributed by atoms with Crippen molar-refractivity contribution in [2.24, 2.45) is 29.6 Å². The minimum absolute atomic E-state index is 0.141. The number of aliphatic hydroxyl groups excluding tert-OH is 1. The number of rotatable bonds is 7. The molecular weight excluding hydrogens is 430 g/mol. The second-order valence-corrected chi connectivity index (χ2v) is 9.58. The first kappa shape index (κ1) is 24.3. The number of nitrogens with zero attached hydrogens (tertiary/aromatic N) is 1. The normalized spacial score (nSPS) is 27.9. The van der Waals surface area contributed by atoms with Crippen LogP contribution in [0.1, 0.15) is 27.2 Å². The summed E-state index contributed by atoms with van der Waals surface area (Å²) in [7, 11) is 1.56. The largest absolute Gasteiger partial charge is 0.394 e. The fourth-order valence-electron chi connectivity index (χ4n) is 5.07. The zero-order valence-corrected chi connectivity index (χ0v) is 19.7. The number of hydrogen-bond acceptors (Lipinski definition) is 4. The molecule has 0 spiro atoms. The van der Waals surface area contributed by atoms with Crippen LogP contribution in [0.5, 0.6) is 0 Å². The summed E-state index contributed by atoms with van der Waals surface area (Å²) in [5.74, 6) is -2.43. The van der Waals surface area contributed by atoms with Crippen molar-refractivity contribution in [3.63, 3.8) is 0 Å². The number of carbonyl (C=O) groups excluding carboxylic acids is 3. The molecule has 6 atom stereocenters. The van der Waals surface area contributed by atoms with Crippen LogP contribution in [0.25, 0.3) is 0 Å². The minimum atomic E-state index is -0.824. The van der Waals surface area contributed by atoms with Gasteiger partial charge in [-0.25, -0.2) is 0 Å². The molecule has 0 radical (unpaired) electrons. The Labute approximate surface area is 194 Å². The number of halogens is 1. The lowest BCUT2D eigenvalue weighted by Crippen LogP contribution is -2.51. The first-order valence-corrected chi connectivity index (χ1v) is 11.5. The van der Waals surface area contributed by atoms with Crippen LogP contribution in [-0.4, -0.2) is 53.5 Å². The number of likely N-dealkylation sites (tertiary alicyclic amines) is 1. The number of anilines is 1. The summed E-state index contributed by atoms with van der Waals surface area (Å²) >= 11 is 5.95. The minimum Gasteiger partial charge on any atom is -0.394 e. The summed E-state index contributed by atoms with van der Waals surface area (Å²) in [5.41, 5.74) is 0.565. The summed E-state index contributed by atoms with van der Waals surface area (Å²) in [5, 5.41) is 16.3. The third-order valence-electron chi connectivity index (χ3n) is 6.49. The Balaban J connectivity index is 2.02. The maximum absolute atomic E-state index is 13.7. The van der Waals surface area contributed by atoms with Crippen molar-refractivity contribution < 1.29 is 19.5 Å². The van der Waals surface area contributed by atoms with Crippen LogP contribution in [0, 0.1) is 29.6 Å². The van der Waals surface area contributed by atoms with Gasteiger partial charge in [0.1, 0.15) is 6.04 Å². The van der Waals surface area contributed by atoms with Crippen LogP contribution in [-0.2, 0) is 14.4 Å². The van der Waals surface area contributed by atoms with Crippen molar-refractivity contribution in [2.75, 3.05) is 19.0 Å². The lowest BCUT2D eigenvalue weighted by Gasteiger charge is -2.34. The zero-order valence-electron chi connectivity index (χ0n) is 18.9. The van der Waals surface area contributed by atoms with Gasteiger partial charge in [-0.15, -0.1) is 0 Å². The number of nitrogens with one attached hydrogen (secondary N) is 2. The van der Waals surface area contributed by atoms with E-state index in [1.54, 1.807) is 31.3 Å². The van der Waals surface area contributed by atoms with E-state index in [0.717, 1.165) is 0 Å². The number of hydrogen-bond donors (Lipinski definition) is 3. The molecule has 0 unspecified atom stereocenters. The van der Waals surface area contributed by atoms with Crippen LogP contribution in [0.3, 0.4) is 0 Å². The molecular formula is C24H32ClN3O4. The van der Waals surface area contributed by atoms with Crippen LogP contribution < -0.4 is 10.6 Å². The van der Waals surface area contributed by atoms with Crippen molar-refractivity contribution in [1.82, 2.24) is 10.2 Å². The summed E-state index contributed by atoms with van der Waals surface area (Å²) in [6.07, 6.45) is 4.36. The van der Waals surface area contributed by atoms with E-state index in [-0.39, 0.29) is 36.2 Å². The smallest absolute Gasteiger partial charge is 0.247 e. The summed E-state index contributed by atoms with van der Waals surface area (Å²) in [4.78, 5) is 41.4. The Bertz CT molecular complexity index is 886. The number of aliphatic hydroxyl groups is 1. The standard InChI is InChI=1S/C24H32ClN3O4/c1-13(2)11-17(12-29)28-21(23(31)27-16-8-6-15(25)7-9-16)18-10-5-14(3)19(22(30)26-4)20(18)24(28)32/h5-10,13-14,17-21,29H,11-12H2,1-4H3,(H,26,30)(H,27,31)/t14-,17-,18+,19-,20+,21+/m1/s1. The number of fused-ring (bicyclic) bond motifs is 1. The van der Waals surface area contributed by atoms with Crippen molar-refractivity contribution >= 4 is 35.0 Å². The molecule has 32 heavy (non-hydrogen) atoms. The molecule has 0 saturated carbocycles. The fraction of sp³-hybridized carbons (Fsp3) is 0.542. The molecule has 174 valence electrons. The van der Waals surface area contributed by atoms with E-state index in [2.05, 4.69) is 10.6 Å². The summed E-state index contributed by atoms with van der Waals surface area (Å²) in [6, 6.07) is 5.41. The topological polar surface area (TPSA) is 98.7 Å². The van der Waals surface area contributed by atoms with Gasteiger partial charge in [-0.3, -0.25) is 14.4 Å². The molecule has 3 amide bonds. The van der Waals surface area contributed by atoms with Crippen LogP contribution in [0.2, 0.25) is 5.02 Å². The van der Waals surface area contributed by atoms with E-state index in [4.69, 9.17) is 11.6 Å². The highest BCUT2D eigenvalue weighted by Gasteiger charge is 2.57. The first-order valence-electron chi connectivity index (χ1n) is 11.1. The summed E-state index contributed by atoms with van der Waals surface area (Å²) < 4.78 is 0. The molecule has 0 aromatic heterocycles. The predicted molar refractivity (Wildman–Crippen MR) is 124 cm³/mol. The molecule has 1 aromatic carbocycles. The molecule has 2 aliphatic rings. The first-order chi connectivity index (χ1) is 15.2. The fourth-order valence-corrected chi connectivity index (χ4v) is 5.20. The molecule has 1 aliphatic heterocycles. The van der Waals surface area contributed by atoms with Crippen molar-refractivity contribution in [2.45, 2.75) is 39.3 Å². The highest BCUT2D eigenvalue weighted by atomic mass is 35.5. The van der Waals surface area contributed by atoms with E-state index in [1.807, 2.05) is 32.9 Å². The lowest BCUT2D eigenvalue weighted by molar-refractivity contribution is -0.142. The van der Waals surface area contributed by atoms with Gasteiger partial charge in [0.25, 0.3) is 0 Å². The SMILES string of the molecule is CNC(=O)[C@H]1[C@H]2C(=O)N([C@@H](CO)CC(C)C)[C@H](C(=O)Nc3ccc(Cl)cc3)[C@H]2C=C[C@H]1C. The van der Waals surface area contributed by atoms with Gasteiger partial charge in [0, 0.05) is 23.7 Å². The molecule has 1 aromatic rings. The molecule has 1 fully saturated rings. The van der Waals surface area contributed by atoms with Gasteiger partial charge in [0.05, 0.1) is 24.5 Å². The average Bonchev–Trinajstić information content (AvgIpc) is 3.05. The van der Waals surface area contributed by atoms with E-state index in [0.29, 0.717) is 17.1 Å². The zero-order chi connectivity index (χ0) is 23.6.